The molecule has 0 saturated carbocycles. The molecule has 0 bridgehead atoms. The second-order valence-electron chi connectivity index (χ2n) is 15.2. The fraction of sp³-hybridized carbons (Fsp3) is 0.579. The van der Waals surface area contributed by atoms with E-state index in [0.29, 0.717) is 24.1 Å². The molecule has 2 aromatic rings. The molecule has 1 aliphatic rings. The van der Waals surface area contributed by atoms with E-state index in [1.807, 2.05) is 37.3 Å². The lowest BCUT2D eigenvalue weighted by Crippen LogP contribution is -2.61. The summed E-state index contributed by atoms with van der Waals surface area (Å²) in [5.74, 6) is -3.09. The van der Waals surface area contributed by atoms with Gasteiger partial charge in [0.2, 0.25) is 3.79 Å². The van der Waals surface area contributed by atoms with Crippen LogP contribution in [0.2, 0.25) is 0 Å². The van der Waals surface area contributed by atoms with Gasteiger partial charge in [-0.1, -0.05) is 79.0 Å². The first-order chi connectivity index (χ1) is 25.5. The number of amides is 3. The van der Waals surface area contributed by atoms with Crippen molar-refractivity contribution >= 4 is 81.6 Å². The highest BCUT2D eigenvalue weighted by Crippen LogP contribution is 2.27. The Hall–Kier alpha value is -3.69. The first-order valence-electron chi connectivity index (χ1n) is 17.9. The van der Waals surface area contributed by atoms with Crippen LogP contribution in [0.15, 0.2) is 36.4 Å². The fourth-order valence-electron chi connectivity index (χ4n) is 5.34. The van der Waals surface area contributed by atoms with Gasteiger partial charge in [-0.25, -0.2) is 10.2 Å². The predicted octanol–water partition coefficient (Wildman–Crippen LogP) is 5.97. The molecule has 1 aromatic carbocycles. The van der Waals surface area contributed by atoms with Crippen LogP contribution in [-0.4, -0.2) is 94.3 Å². The van der Waals surface area contributed by atoms with Gasteiger partial charge in [0.25, 0.3) is 11.8 Å². The summed E-state index contributed by atoms with van der Waals surface area (Å²) >= 11 is 17.1. The number of benzene rings is 1. The van der Waals surface area contributed by atoms with Gasteiger partial charge in [0, 0.05) is 19.0 Å². The zero-order valence-corrected chi connectivity index (χ0v) is 34.9. The molecule has 14 nitrogen and oxygen atoms in total. The van der Waals surface area contributed by atoms with E-state index in [9.17, 15) is 24.0 Å². The molecule has 4 unspecified atom stereocenters. The number of hydrazine groups is 1. The maximum atomic E-state index is 13.6. The molecule has 4 atom stereocenters. The first-order valence-corrected chi connectivity index (χ1v) is 19.0. The Balaban J connectivity index is 1.68. The largest absolute Gasteiger partial charge is 0.460 e. The van der Waals surface area contributed by atoms with Gasteiger partial charge in [-0.15, -0.1) is 0 Å². The number of carbonyl (C=O) groups is 5. The minimum Gasteiger partial charge on any atom is -0.460 e. The molecule has 3 amide bonds. The third kappa shape index (κ3) is 14.4. The average molecular weight is 829 g/mol. The molecule has 17 heteroatoms. The highest BCUT2D eigenvalue weighted by Gasteiger charge is 2.38. The summed E-state index contributed by atoms with van der Waals surface area (Å²) in [6, 6.07) is 6.92. The molecule has 0 spiro atoms. The second kappa shape index (κ2) is 19.4. The number of ether oxygens (including phenoxy) is 4. The van der Waals surface area contributed by atoms with Crippen molar-refractivity contribution in [2.24, 2.45) is 11.3 Å². The van der Waals surface area contributed by atoms with Gasteiger partial charge in [0.05, 0.1) is 29.3 Å². The van der Waals surface area contributed by atoms with Crippen molar-refractivity contribution in [3.63, 3.8) is 0 Å². The number of alkyl halides is 3. The van der Waals surface area contributed by atoms with Crippen molar-refractivity contribution in [1.29, 1.82) is 0 Å². The van der Waals surface area contributed by atoms with Gasteiger partial charge in [-0.3, -0.25) is 29.2 Å². The van der Waals surface area contributed by atoms with Crippen molar-refractivity contribution in [2.45, 2.75) is 102 Å². The van der Waals surface area contributed by atoms with Crippen molar-refractivity contribution in [1.82, 2.24) is 26.1 Å². The summed E-state index contributed by atoms with van der Waals surface area (Å²) in [5.41, 5.74) is 3.11. The first kappa shape index (κ1) is 45.7. The zero-order chi connectivity index (χ0) is 41.3. The normalized spacial score (nSPS) is 17.0. The van der Waals surface area contributed by atoms with E-state index in [-0.39, 0.29) is 13.2 Å². The Kier molecular flexibility index (Phi) is 16.2. The van der Waals surface area contributed by atoms with E-state index in [2.05, 4.69) is 16.1 Å². The lowest BCUT2D eigenvalue weighted by molar-refractivity contribution is -0.165. The molecule has 304 valence electrons. The van der Waals surface area contributed by atoms with E-state index in [0.717, 1.165) is 10.9 Å². The van der Waals surface area contributed by atoms with Crippen LogP contribution >= 0.6 is 34.8 Å². The molecular formula is C38H52Cl3N5O9. The number of rotatable bonds is 14. The van der Waals surface area contributed by atoms with E-state index in [1.54, 1.807) is 60.6 Å². The number of aromatic nitrogens is 1. The third-order valence-electron chi connectivity index (χ3n) is 8.29. The summed E-state index contributed by atoms with van der Waals surface area (Å²) in [5, 5.41) is 7.55. The number of nitrogens with zero attached hydrogens (tertiary/aromatic N) is 2. The Labute approximate surface area is 337 Å². The maximum absolute atomic E-state index is 13.6. The highest BCUT2D eigenvalue weighted by atomic mass is 35.6. The second-order valence-corrected chi connectivity index (χ2v) is 17.8. The molecule has 3 N–H and O–H groups in total. The van der Waals surface area contributed by atoms with Gasteiger partial charge >= 0.3 is 18.0 Å². The third-order valence-corrected chi connectivity index (χ3v) is 8.62. The Morgan fingerprint density at radius 3 is 2.31 bits per heavy atom. The highest BCUT2D eigenvalue weighted by molar-refractivity contribution is 6.67. The molecule has 1 fully saturated rings. The van der Waals surface area contributed by atoms with Gasteiger partial charge in [0.15, 0.2) is 6.10 Å². The van der Waals surface area contributed by atoms with Crippen LogP contribution < -0.4 is 16.1 Å². The molecular weight excluding hydrogens is 777 g/mol. The standard InChI is InChI=1S/C38H52Cl3N5O9/c1-22(2)30(31(47)44-29(20-52-9)32(48)46-18-10-11-27(45-46)33(49)53-21-38(39,40)41)54-34(50)37(7,8)17-16-24-12-13-25-14-15-26(43-28(25)19-24)23(3)42-35(51)55-36(4,5)6/h12-17,19,22-23,27,29-30,45H,10-11,18,20-21H2,1-9H3,(H,42,51)(H,44,47). The van der Waals surface area contributed by atoms with Crippen LogP contribution in [-0.2, 0) is 38.1 Å². The molecule has 1 aliphatic heterocycles. The number of fused-ring (bicyclic) bond motifs is 1. The smallest absolute Gasteiger partial charge is 0.408 e. The molecule has 55 heavy (non-hydrogen) atoms. The van der Waals surface area contributed by atoms with Crippen molar-refractivity contribution in [2.75, 3.05) is 26.9 Å². The average Bonchev–Trinajstić information content (AvgIpc) is 3.09. The molecule has 2 heterocycles. The van der Waals surface area contributed by atoms with Crippen molar-refractivity contribution in [3.8, 4) is 0 Å². The molecule has 3 rings (SSSR count). The minimum absolute atomic E-state index is 0.195. The number of alkyl carbamates (subject to hydrolysis) is 1. The van der Waals surface area contributed by atoms with E-state index in [4.69, 9.17) is 58.7 Å². The summed E-state index contributed by atoms with van der Waals surface area (Å²) in [4.78, 5) is 70.2. The summed E-state index contributed by atoms with van der Waals surface area (Å²) in [7, 11) is 1.37. The predicted molar refractivity (Wildman–Crippen MR) is 210 cm³/mol. The molecule has 1 saturated heterocycles. The van der Waals surface area contributed by atoms with Crippen LogP contribution in [0.3, 0.4) is 0 Å². The molecule has 0 aliphatic carbocycles. The topological polar surface area (TPSA) is 174 Å². The van der Waals surface area contributed by atoms with Gasteiger partial charge in [-0.05, 0) is 78.0 Å². The van der Waals surface area contributed by atoms with Crippen LogP contribution in [0.1, 0.15) is 85.5 Å². The lowest BCUT2D eigenvalue weighted by atomic mass is 9.92. The van der Waals surface area contributed by atoms with Crippen LogP contribution in [0, 0.1) is 11.3 Å². The summed E-state index contributed by atoms with van der Waals surface area (Å²) in [6.45, 7) is 13.5. The number of methoxy groups -OCH3 is 1. The SMILES string of the molecule is COCC(NC(=O)C(OC(=O)C(C)(C)C=Cc1ccc2ccc(C(C)NC(=O)OC(C)(C)C)nc2c1)C(C)C)C(=O)N1CCCC(C(=O)OCC(Cl)(Cl)Cl)N1. The zero-order valence-electron chi connectivity index (χ0n) is 32.7. The minimum atomic E-state index is -1.79. The number of carbonyl (C=O) groups excluding carboxylic acids is 5. The molecule has 1 aromatic heterocycles. The van der Waals surface area contributed by atoms with Crippen LogP contribution in [0.5, 0.6) is 0 Å². The maximum Gasteiger partial charge on any atom is 0.408 e. The van der Waals surface area contributed by atoms with Crippen LogP contribution in [0.25, 0.3) is 17.0 Å². The summed E-state index contributed by atoms with van der Waals surface area (Å²) < 4.78 is 19.6. The number of hydrogen-bond donors (Lipinski definition) is 3. The number of halogens is 3. The van der Waals surface area contributed by atoms with E-state index >= 15 is 0 Å². The number of pyridine rings is 1. The van der Waals surface area contributed by atoms with Gasteiger partial charge in [0.1, 0.15) is 24.3 Å². The number of nitrogens with one attached hydrogen (secondary N) is 3. The van der Waals surface area contributed by atoms with E-state index < -0.39 is 81.4 Å². The Bertz CT molecular complexity index is 1730. The number of esters is 2. The van der Waals surface area contributed by atoms with E-state index in [1.165, 1.54) is 12.1 Å². The van der Waals surface area contributed by atoms with Gasteiger partial charge < -0.3 is 29.6 Å². The quantitative estimate of drug-likeness (QED) is 0.116. The van der Waals surface area contributed by atoms with Gasteiger partial charge in [-0.2, -0.15) is 0 Å². The molecule has 0 radical (unpaired) electrons. The fourth-order valence-corrected chi connectivity index (χ4v) is 5.50. The number of hydrogen-bond acceptors (Lipinski definition) is 11. The summed E-state index contributed by atoms with van der Waals surface area (Å²) in [6.07, 6.45) is 2.48. The Morgan fingerprint density at radius 2 is 1.69 bits per heavy atom. The Morgan fingerprint density at radius 1 is 1.02 bits per heavy atom. The monoisotopic (exact) mass is 827 g/mol. The van der Waals surface area contributed by atoms with Crippen molar-refractivity contribution in [3.05, 3.63) is 47.7 Å². The van der Waals surface area contributed by atoms with Crippen molar-refractivity contribution < 1.29 is 42.9 Å². The van der Waals surface area contributed by atoms with Crippen LogP contribution in [0.4, 0.5) is 4.79 Å². The lowest BCUT2D eigenvalue weighted by Gasteiger charge is -2.35.